The van der Waals surface area contributed by atoms with Crippen molar-refractivity contribution in [3.63, 3.8) is 0 Å². The normalized spacial score (nSPS) is 16.1. The maximum absolute atomic E-state index is 6.69. The van der Waals surface area contributed by atoms with E-state index < -0.39 is 8.32 Å². The van der Waals surface area contributed by atoms with Gasteiger partial charge in [-0.1, -0.05) is 51.1 Å². The molecule has 8 nitrogen and oxygen atoms in total. The van der Waals surface area contributed by atoms with Gasteiger partial charge in [0, 0.05) is 50.1 Å². The van der Waals surface area contributed by atoms with E-state index >= 15 is 0 Å². The van der Waals surface area contributed by atoms with E-state index in [1.807, 2.05) is 29.1 Å². The van der Waals surface area contributed by atoms with Crippen LogP contribution in [0.5, 0.6) is 5.75 Å². The molecule has 44 heavy (non-hydrogen) atoms. The predicted molar refractivity (Wildman–Crippen MR) is 178 cm³/mol. The first-order valence-corrected chi connectivity index (χ1v) is 19.2. The van der Waals surface area contributed by atoms with Gasteiger partial charge in [-0.25, -0.2) is 4.68 Å². The van der Waals surface area contributed by atoms with E-state index in [2.05, 4.69) is 80.2 Å². The molecule has 238 valence electrons. The lowest BCUT2D eigenvalue weighted by atomic mass is 10.1. The van der Waals surface area contributed by atoms with Crippen LogP contribution in [0.2, 0.25) is 18.1 Å². The molecule has 0 amide bonds. The molecule has 2 aromatic heterocycles. The Hall–Kier alpha value is -2.98. The van der Waals surface area contributed by atoms with Crippen LogP contribution in [0.25, 0.3) is 22.2 Å². The van der Waals surface area contributed by atoms with Crippen LogP contribution in [0, 0.1) is 0 Å². The standard InChI is InChI=1S/C35H50N4O4Si/c1-35(2,3)44(4,5)43-30-17-18-32-31(24-30)34(37-39(32)33-16-9-11-23-42-33)29-25-36-38(26-29)19-10-12-20-40-21-13-22-41-27-28-14-7-6-8-15-28/h6-8,14-15,17-18,24-26,33H,9-13,16,19-23,27H2,1-5H3. The minimum atomic E-state index is -1.98. The van der Waals surface area contributed by atoms with Crippen LogP contribution in [0.1, 0.15) is 71.1 Å². The number of hydrogen-bond donors (Lipinski definition) is 0. The molecule has 4 aromatic rings. The van der Waals surface area contributed by atoms with Gasteiger partial charge < -0.3 is 18.6 Å². The van der Waals surface area contributed by atoms with E-state index in [1.165, 1.54) is 5.56 Å². The third-order valence-corrected chi connectivity index (χ3v) is 13.2. The summed E-state index contributed by atoms with van der Waals surface area (Å²) in [6.07, 6.45) is 10.1. The van der Waals surface area contributed by atoms with Crippen molar-refractivity contribution in [3.8, 4) is 17.0 Å². The number of aryl methyl sites for hydroxylation is 1. The Bertz CT molecular complexity index is 1450. The fraction of sp³-hybridized carbons (Fsp3) is 0.543. The van der Waals surface area contributed by atoms with Crippen molar-refractivity contribution in [2.24, 2.45) is 0 Å². The summed E-state index contributed by atoms with van der Waals surface area (Å²) in [5.41, 5.74) is 4.22. The monoisotopic (exact) mass is 618 g/mol. The number of nitrogens with zero attached hydrogens (tertiary/aromatic N) is 4. The van der Waals surface area contributed by atoms with Gasteiger partial charge in [0.1, 0.15) is 11.4 Å². The van der Waals surface area contributed by atoms with E-state index in [9.17, 15) is 0 Å². The van der Waals surface area contributed by atoms with Crippen molar-refractivity contribution >= 4 is 19.2 Å². The minimum absolute atomic E-state index is 0.0439. The summed E-state index contributed by atoms with van der Waals surface area (Å²) in [5, 5.41) is 11.0. The molecule has 3 heterocycles. The summed E-state index contributed by atoms with van der Waals surface area (Å²) in [5.74, 6) is 0.907. The maximum atomic E-state index is 6.69. The minimum Gasteiger partial charge on any atom is -0.543 e. The molecule has 0 spiro atoms. The lowest BCUT2D eigenvalue weighted by Gasteiger charge is -2.36. The Kier molecular flexibility index (Phi) is 10.9. The first-order chi connectivity index (χ1) is 21.2. The highest BCUT2D eigenvalue weighted by Crippen LogP contribution is 2.39. The summed E-state index contributed by atoms with van der Waals surface area (Å²) in [6.45, 7) is 15.8. The molecule has 1 atom stereocenters. The Labute approximate surface area is 263 Å². The summed E-state index contributed by atoms with van der Waals surface area (Å²) in [4.78, 5) is 0. The van der Waals surface area contributed by atoms with Crippen LogP contribution in [0.15, 0.2) is 60.9 Å². The second kappa shape index (κ2) is 14.9. The van der Waals surface area contributed by atoms with Crippen LogP contribution in [-0.2, 0) is 27.4 Å². The third kappa shape index (κ3) is 8.38. The molecule has 9 heteroatoms. The van der Waals surface area contributed by atoms with Crippen molar-refractivity contribution < 1.29 is 18.6 Å². The van der Waals surface area contributed by atoms with Gasteiger partial charge in [0.05, 0.1) is 18.3 Å². The lowest BCUT2D eigenvalue weighted by Crippen LogP contribution is -2.43. The molecule has 0 radical (unpaired) electrons. The van der Waals surface area contributed by atoms with Gasteiger partial charge in [-0.2, -0.15) is 10.2 Å². The summed E-state index contributed by atoms with van der Waals surface area (Å²) in [6, 6.07) is 16.7. The number of benzene rings is 2. The van der Waals surface area contributed by atoms with Gasteiger partial charge in [0.2, 0.25) is 8.32 Å². The van der Waals surface area contributed by atoms with Crippen LogP contribution in [-0.4, -0.2) is 54.3 Å². The highest BCUT2D eigenvalue weighted by atomic mass is 28.4. The molecule has 2 aromatic carbocycles. The quantitative estimate of drug-likeness (QED) is 0.0984. The predicted octanol–water partition coefficient (Wildman–Crippen LogP) is 8.39. The number of hydrogen-bond acceptors (Lipinski definition) is 6. The van der Waals surface area contributed by atoms with Gasteiger partial charge in [0.25, 0.3) is 0 Å². The zero-order valence-electron chi connectivity index (χ0n) is 27.3. The van der Waals surface area contributed by atoms with Crippen molar-refractivity contribution in [2.45, 2.75) is 96.8 Å². The molecule has 1 fully saturated rings. The molecule has 0 aliphatic carbocycles. The van der Waals surface area contributed by atoms with Crippen molar-refractivity contribution in [2.75, 3.05) is 26.4 Å². The summed E-state index contributed by atoms with van der Waals surface area (Å²) >= 11 is 0. The number of aromatic nitrogens is 4. The fourth-order valence-corrected chi connectivity index (χ4v) is 6.22. The average molecular weight is 619 g/mol. The first-order valence-electron chi connectivity index (χ1n) is 16.3. The summed E-state index contributed by atoms with van der Waals surface area (Å²) < 4.78 is 28.5. The largest absolute Gasteiger partial charge is 0.543 e. The number of unbranched alkanes of at least 4 members (excludes halogenated alkanes) is 1. The highest BCUT2D eigenvalue weighted by molar-refractivity contribution is 6.74. The fourth-order valence-electron chi connectivity index (χ4n) is 5.20. The van der Waals surface area contributed by atoms with Crippen molar-refractivity contribution in [3.05, 3.63) is 66.5 Å². The highest BCUT2D eigenvalue weighted by Gasteiger charge is 2.39. The number of rotatable bonds is 15. The molecule has 1 aliphatic heterocycles. The van der Waals surface area contributed by atoms with Crippen LogP contribution >= 0.6 is 0 Å². The van der Waals surface area contributed by atoms with Gasteiger partial charge >= 0.3 is 0 Å². The lowest BCUT2D eigenvalue weighted by molar-refractivity contribution is -0.0365. The van der Waals surface area contributed by atoms with E-state index in [-0.39, 0.29) is 11.3 Å². The smallest absolute Gasteiger partial charge is 0.250 e. The van der Waals surface area contributed by atoms with Gasteiger partial charge in [-0.15, -0.1) is 0 Å². The zero-order chi connectivity index (χ0) is 31.0. The Balaban J connectivity index is 1.16. The number of fused-ring (bicyclic) bond motifs is 1. The molecule has 0 saturated carbocycles. The molecule has 0 N–H and O–H groups in total. The number of ether oxygens (including phenoxy) is 3. The molecular formula is C35H50N4O4Si. The summed E-state index contributed by atoms with van der Waals surface area (Å²) in [7, 11) is -1.98. The van der Waals surface area contributed by atoms with Crippen LogP contribution in [0.4, 0.5) is 0 Å². The zero-order valence-corrected chi connectivity index (χ0v) is 28.3. The first kappa shape index (κ1) is 32.4. The van der Waals surface area contributed by atoms with Gasteiger partial charge in [-0.05, 0) is 80.4 Å². The van der Waals surface area contributed by atoms with Gasteiger partial charge in [-0.3, -0.25) is 4.68 Å². The maximum Gasteiger partial charge on any atom is 0.250 e. The Morgan fingerprint density at radius 1 is 0.955 bits per heavy atom. The second-order valence-electron chi connectivity index (χ2n) is 13.4. The Morgan fingerprint density at radius 2 is 1.75 bits per heavy atom. The molecule has 1 aliphatic rings. The van der Waals surface area contributed by atoms with E-state index in [0.29, 0.717) is 13.2 Å². The Morgan fingerprint density at radius 3 is 2.52 bits per heavy atom. The van der Waals surface area contributed by atoms with E-state index in [1.54, 1.807) is 0 Å². The second-order valence-corrected chi connectivity index (χ2v) is 18.1. The molecule has 1 saturated heterocycles. The average Bonchev–Trinajstić information content (AvgIpc) is 3.63. The SMILES string of the molecule is CC(C)(C)[Si](C)(C)Oc1ccc2c(c1)c(-c1cnn(CCCCOCCCOCc3ccccc3)c1)nn2C1CCCCO1. The van der Waals surface area contributed by atoms with Gasteiger partial charge in [0.15, 0.2) is 6.23 Å². The van der Waals surface area contributed by atoms with Crippen LogP contribution < -0.4 is 4.43 Å². The van der Waals surface area contributed by atoms with Crippen molar-refractivity contribution in [1.82, 2.24) is 19.6 Å². The van der Waals surface area contributed by atoms with Crippen molar-refractivity contribution in [1.29, 1.82) is 0 Å². The molecular weight excluding hydrogens is 568 g/mol. The molecule has 5 rings (SSSR count). The molecule has 0 bridgehead atoms. The van der Waals surface area contributed by atoms with Crippen LogP contribution in [0.3, 0.4) is 0 Å². The third-order valence-electron chi connectivity index (χ3n) is 8.81. The molecule has 1 unspecified atom stereocenters. The van der Waals surface area contributed by atoms with E-state index in [4.69, 9.17) is 23.7 Å². The van der Waals surface area contributed by atoms with E-state index in [0.717, 1.165) is 92.8 Å². The topological polar surface area (TPSA) is 72.6 Å².